The summed E-state index contributed by atoms with van der Waals surface area (Å²) in [7, 11) is 0. The quantitative estimate of drug-likeness (QED) is 0.480. The van der Waals surface area contributed by atoms with E-state index in [-0.39, 0.29) is 54.5 Å². The van der Waals surface area contributed by atoms with Crippen molar-refractivity contribution in [3.63, 3.8) is 0 Å². The number of hydrazine groups is 1. The Balaban J connectivity index is 0.00000306. The Morgan fingerprint density at radius 2 is 1.64 bits per heavy atom. The second kappa shape index (κ2) is 11.0. The van der Waals surface area contributed by atoms with Crippen LogP contribution in [0.2, 0.25) is 0 Å². The number of nitrogens with zero attached hydrogens (tertiary/aromatic N) is 3. The molecule has 1 aromatic rings. The lowest BCUT2D eigenvalue weighted by atomic mass is 9.85. The maximum Gasteiger partial charge on any atom is 0.252 e. The Morgan fingerprint density at radius 3 is 2.24 bits per heavy atom. The van der Waals surface area contributed by atoms with Crippen LogP contribution in [0.3, 0.4) is 0 Å². The number of ether oxygens (including phenoxy) is 1. The van der Waals surface area contributed by atoms with Gasteiger partial charge in [-0.2, -0.15) is 5.01 Å². The molecular weight excluding hydrogens is 444 g/mol. The first kappa shape index (κ1) is 25.1. The molecule has 3 amide bonds. The summed E-state index contributed by atoms with van der Waals surface area (Å²) < 4.78 is 5.95. The van der Waals surface area contributed by atoms with Crippen LogP contribution in [0, 0.1) is 11.8 Å². The molecule has 4 rings (SSSR count). The molecule has 2 saturated heterocycles. The van der Waals surface area contributed by atoms with E-state index < -0.39 is 0 Å². The number of halogens is 1. The highest BCUT2D eigenvalue weighted by Gasteiger charge is 2.48. The molecule has 2 unspecified atom stereocenters. The average molecular weight is 477 g/mol. The summed E-state index contributed by atoms with van der Waals surface area (Å²) in [5.74, 6) is -0.628. The van der Waals surface area contributed by atoms with Gasteiger partial charge in [0, 0.05) is 39.1 Å². The maximum absolute atomic E-state index is 12.5. The highest BCUT2D eigenvalue weighted by atomic mass is 35.5. The van der Waals surface area contributed by atoms with E-state index in [1.54, 1.807) is 0 Å². The second-order valence-corrected chi connectivity index (χ2v) is 8.92. The monoisotopic (exact) mass is 476 g/mol. The molecule has 2 atom stereocenters. The summed E-state index contributed by atoms with van der Waals surface area (Å²) in [6.45, 7) is 8.00. The molecule has 1 N–H and O–H groups in total. The topological polar surface area (TPSA) is 82.2 Å². The Hall–Kier alpha value is -2.58. The fourth-order valence-corrected chi connectivity index (χ4v) is 4.64. The van der Waals surface area contributed by atoms with Crippen molar-refractivity contribution in [2.45, 2.75) is 39.2 Å². The summed E-state index contributed by atoms with van der Waals surface area (Å²) in [6.07, 6.45) is 5.37. The number of carbonyl (C=O) groups is 3. The molecule has 2 heterocycles. The van der Waals surface area contributed by atoms with Gasteiger partial charge in [0.1, 0.15) is 5.75 Å². The number of para-hydroxylation sites is 2. The number of hydrogen-bond acceptors (Lipinski definition) is 6. The van der Waals surface area contributed by atoms with E-state index in [4.69, 9.17) is 4.74 Å². The third-order valence-electron chi connectivity index (χ3n) is 6.34. The van der Waals surface area contributed by atoms with Gasteiger partial charge < -0.3 is 9.64 Å². The van der Waals surface area contributed by atoms with Gasteiger partial charge in [-0.3, -0.25) is 24.7 Å². The van der Waals surface area contributed by atoms with E-state index >= 15 is 0 Å². The molecule has 1 aromatic carbocycles. The third-order valence-corrected chi connectivity index (χ3v) is 6.34. The predicted molar refractivity (Wildman–Crippen MR) is 128 cm³/mol. The molecule has 33 heavy (non-hydrogen) atoms. The number of imide groups is 1. The van der Waals surface area contributed by atoms with E-state index in [9.17, 15) is 14.4 Å². The number of hydrogen-bond donors (Lipinski definition) is 1. The fraction of sp³-hybridized carbons (Fsp3) is 0.542. The highest BCUT2D eigenvalue weighted by Crippen LogP contribution is 2.34. The summed E-state index contributed by atoms with van der Waals surface area (Å²) in [5, 5.41) is 0.953. The van der Waals surface area contributed by atoms with Crippen LogP contribution >= 0.6 is 12.4 Å². The predicted octanol–water partition coefficient (Wildman–Crippen LogP) is 2.39. The number of benzene rings is 1. The van der Waals surface area contributed by atoms with E-state index in [2.05, 4.69) is 21.3 Å². The van der Waals surface area contributed by atoms with Crippen molar-refractivity contribution >= 4 is 35.8 Å². The standard InChI is InChI=1S/C24H32N4O4.ClH/c1-17(2)32-21-10-6-5-9-20(21)27-15-13-26(14-16-27)12-11-22(29)25-28-23(30)18-7-3-4-8-19(18)24(28)31;/h3-6,9-10,17-19H,7-8,11-16H2,1-2H3,(H,25,29);1H. The first-order valence-corrected chi connectivity index (χ1v) is 11.5. The second-order valence-electron chi connectivity index (χ2n) is 8.92. The lowest BCUT2D eigenvalue weighted by molar-refractivity contribution is -0.149. The molecule has 0 aromatic heterocycles. The molecule has 2 aliphatic heterocycles. The number of nitrogens with one attached hydrogen (secondary N) is 1. The van der Waals surface area contributed by atoms with Crippen LogP contribution < -0.4 is 15.1 Å². The minimum atomic E-state index is -0.330. The first-order chi connectivity index (χ1) is 15.4. The number of carbonyl (C=O) groups excluding carboxylic acids is 3. The molecule has 180 valence electrons. The van der Waals surface area contributed by atoms with E-state index in [1.807, 2.05) is 44.2 Å². The Kier molecular flexibility index (Phi) is 8.37. The van der Waals surface area contributed by atoms with Crippen molar-refractivity contribution in [2.24, 2.45) is 11.8 Å². The molecule has 9 heteroatoms. The molecular formula is C24H33ClN4O4. The van der Waals surface area contributed by atoms with Crippen LogP contribution in [0.5, 0.6) is 5.75 Å². The van der Waals surface area contributed by atoms with Crippen molar-refractivity contribution < 1.29 is 19.1 Å². The first-order valence-electron chi connectivity index (χ1n) is 11.5. The number of rotatable bonds is 7. The Morgan fingerprint density at radius 1 is 1.03 bits per heavy atom. The number of anilines is 1. The van der Waals surface area contributed by atoms with Crippen LogP contribution in [0.4, 0.5) is 5.69 Å². The number of amides is 3. The van der Waals surface area contributed by atoms with Crippen LogP contribution in [0.1, 0.15) is 33.1 Å². The average Bonchev–Trinajstić information content (AvgIpc) is 3.03. The summed E-state index contributed by atoms with van der Waals surface area (Å²) in [5.41, 5.74) is 3.65. The fourth-order valence-electron chi connectivity index (χ4n) is 4.64. The van der Waals surface area contributed by atoms with Crippen LogP contribution in [-0.2, 0) is 14.4 Å². The normalized spacial score (nSPS) is 22.9. The molecule has 1 aliphatic carbocycles. The zero-order chi connectivity index (χ0) is 22.7. The van der Waals surface area contributed by atoms with Crippen molar-refractivity contribution in [3.8, 4) is 5.75 Å². The van der Waals surface area contributed by atoms with Gasteiger partial charge >= 0.3 is 0 Å². The molecule has 3 aliphatic rings. The lowest BCUT2D eigenvalue weighted by Gasteiger charge is -2.36. The van der Waals surface area contributed by atoms with Crippen LogP contribution in [-0.4, -0.2) is 66.5 Å². The lowest BCUT2D eigenvalue weighted by Crippen LogP contribution is -2.49. The zero-order valence-corrected chi connectivity index (χ0v) is 20.1. The van der Waals surface area contributed by atoms with Gasteiger partial charge in [0.15, 0.2) is 0 Å². The van der Waals surface area contributed by atoms with Crippen LogP contribution in [0.15, 0.2) is 36.4 Å². The SMILES string of the molecule is CC(C)Oc1ccccc1N1CCN(CCC(=O)NN2C(=O)C3CC=CCC3C2=O)CC1.Cl. The minimum absolute atomic E-state index is 0. The minimum Gasteiger partial charge on any atom is -0.489 e. The van der Waals surface area contributed by atoms with E-state index in [0.29, 0.717) is 19.4 Å². The van der Waals surface area contributed by atoms with Gasteiger partial charge in [0.2, 0.25) is 5.91 Å². The summed E-state index contributed by atoms with van der Waals surface area (Å²) in [4.78, 5) is 42.0. The summed E-state index contributed by atoms with van der Waals surface area (Å²) in [6, 6.07) is 8.08. The maximum atomic E-state index is 12.5. The van der Waals surface area contributed by atoms with Gasteiger partial charge in [-0.05, 0) is 38.8 Å². The molecule has 0 bridgehead atoms. The third kappa shape index (κ3) is 5.68. The van der Waals surface area contributed by atoms with Crippen molar-refractivity contribution in [1.29, 1.82) is 0 Å². The molecule has 0 radical (unpaired) electrons. The van der Waals surface area contributed by atoms with Gasteiger partial charge in [-0.25, -0.2) is 0 Å². The smallest absolute Gasteiger partial charge is 0.252 e. The number of piperazine rings is 1. The van der Waals surface area contributed by atoms with Crippen molar-refractivity contribution in [2.75, 3.05) is 37.6 Å². The summed E-state index contributed by atoms with van der Waals surface area (Å²) >= 11 is 0. The molecule has 2 fully saturated rings. The number of fused-ring (bicyclic) bond motifs is 1. The van der Waals surface area contributed by atoms with Crippen molar-refractivity contribution in [1.82, 2.24) is 15.3 Å². The van der Waals surface area contributed by atoms with Gasteiger partial charge in [-0.1, -0.05) is 24.3 Å². The Labute approximate surface area is 201 Å². The van der Waals surface area contributed by atoms with Crippen LogP contribution in [0.25, 0.3) is 0 Å². The van der Waals surface area contributed by atoms with Crippen molar-refractivity contribution in [3.05, 3.63) is 36.4 Å². The van der Waals surface area contributed by atoms with Gasteiger partial charge in [0.05, 0.1) is 23.6 Å². The molecule has 0 saturated carbocycles. The van der Waals surface area contributed by atoms with E-state index in [0.717, 1.165) is 42.6 Å². The van der Waals surface area contributed by atoms with Gasteiger partial charge in [0.25, 0.3) is 11.8 Å². The zero-order valence-electron chi connectivity index (χ0n) is 19.2. The van der Waals surface area contributed by atoms with E-state index in [1.165, 1.54) is 0 Å². The molecule has 0 spiro atoms. The number of allylic oxidation sites excluding steroid dienone is 2. The molecule has 8 nitrogen and oxygen atoms in total. The van der Waals surface area contributed by atoms with Gasteiger partial charge in [-0.15, -0.1) is 12.4 Å². The Bertz CT molecular complexity index is 872. The highest BCUT2D eigenvalue weighted by molar-refractivity contribution is 6.06. The largest absolute Gasteiger partial charge is 0.489 e.